The fraction of sp³-hybridized carbons (Fsp3) is 0.250. The number of fused-ring (bicyclic) bond motifs is 1. The first-order valence-corrected chi connectivity index (χ1v) is 9.38. The molecule has 122 valence electrons. The van der Waals surface area contributed by atoms with Gasteiger partial charge in [0.1, 0.15) is 5.82 Å². The third-order valence-corrected chi connectivity index (χ3v) is 5.73. The first kappa shape index (κ1) is 15.5. The molecule has 3 aromatic rings. The topological polar surface area (TPSA) is 17.8 Å². The molecule has 0 radical (unpaired) electrons. The van der Waals surface area contributed by atoms with E-state index in [2.05, 4.69) is 5.10 Å². The number of hydrogen-bond acceptors (Lipinski definition) is 2. The van der Waals surface area contributed by atoms with Gasteiger partial charge in [0.05, 0.1) is 22.5 Å². The Balaban J connectivity index is 1.71. The fourth-order valence-corrected chi connectivity index (χ4v) is 4.41. The van der Waals surface area contributed by atoms with E-state index < -0.39 is 0 Å². The summed E-state index contributed by atoms with van der Waals surface area (Å²) in [4.78, 5) is 0. The zero-order valence-corrected chi connectivity index (χ0v) is 14.2. The molecule has 2 nitrogen and oxygen atoms in total. The fourth-order valence-electron chi connectivity index (χ4n) is 3.12. The lowest BCUT2D eigenvalue weighted by atomic mass is 10.1. The predicted molar refractivity (Wildman–Crippen MR) is 100 cm³/mol. The second-order valence-corrected chi connectivity index (χ2v) is 7.38. The number of halogens is 1. The third kappa shape index (κ3) is 3.11. The van der Waals surface area contributed by atoms with Gasteiger partial charge in [0, 0.05) is 0 Å². The van der Waals surface area contributed by atoms with Crippen molar-refractivity contribution in [2.45, 2.75) is 24.6 Å². The van der Waals surface area contributed by atoms with Gasteiger partial charge in [-0.15, -0.1) is 11.8 Å². The van der Waals surface area contributed by atoms with Crippen molar-refractivity contribution in [1.29, 1.82) is 0 Å². The molecule has 0 bridgehead atoms. The van der Waals surface area contributed by atoms with E-state index in [1.807, 2.05) is 65.0 Å². The predicted octanol–water partition coefficient (Wildman–Crippen LogP) is 5.76. The lowest BCUT2D eigenvalue weighted by Gasteiger charge is -2.22. The van der Waals surface area contributed by atoms with Crippen molar-refractivity contribution in [3.8, 4) is 0 Å². The molecular weight excluding hydrogens is 319 g/mol. The summed E-state index contributed by atoms with van der Waals surface area (Å²) in [7, 11) is 0. The van der Waals surface area contributed by atoms with E-state index in [9.17, 15) is 4.39 Å². The van der Waals surface area contributed by atoms with Crippen LogP contribution in [-0.4, -0.2) is 15.5 Å². The minimum Gasteiger partial charge on any atom is -0.252 e. The highest BCUT2D eigenvalue weighted by molar-refractivity contribution is 7.99. The molecule has 1 aliphatic rings. The van der Waals surface area contributed by atoms with E-state index in [0.29, 0.717) is 10.8 Å². The van der Waals surface area contributed by atoms with Crippen LogP contribution in [0.3, 0.4) is 0 Å². The van der Waals surface area contributed by atoms with Crippen LogP contribution in [0.2, 0.25) is 0 Å². The summed E-state index contributed by atoms with van der Waals surface area (Å²) in [5, 5.41) is 5.40. The minimum atomic E-state index is -0.202. The van der Waals surface area contributed by atoms with Crippen molar-refractivity contribution < 1.29 is 4.39 Å². The molecule has 1 fully saturated rings. The summed E-state index contributed by atoms with van der Waals surface area (Å²) in [5.41, 5.74) is 2.86. The molecule has 0 saturated carbocycles. The molecule has 1 aliphatic heterocycles. The van der Waals surface area contributed by atoms with Gasteiger partial charge in [-0.05, 0) is 48.3 Å². The van der Waals surface area contributed by atoms with E-state index in [4.69, 9.17) is 0 Å². The average molecular weight is 338 g/mol. The molecule has 4 rings (SSSR count). The van der Waals surface area contributed by atoms with Crippen LogP contribution in [0.15, 0.2) is 48.7 Å². The maximum Gasteiger partial charge on any atom is 0.134 e. The van der Waals surface area contributed by atoms with Gasteiger partial charge in [-0.25, -0.2) is 4.39 Å². The van der Waals surface area contributed by atoms with Crippen LogP contribution in [-0.2, 0) is 0 Å². The zero-order valence-electron chi connectivity index (χ0n) is 13.4. The molecule has 1 saturated heterocycles. The Morgan fingerprint density at radius 2 is 1.92 bits per heavy atom. The maximum atomic E-state index is 14.5. The number of nitrogens with zero attached hydrogens (tertiary/aromatic N) is 2. The van der Waals surface area contributed by atoms with Crippen LogP contribution in [0.25, 0.3) is 23.1 Å². The third-order valence-electron chi connectivity index (χ3n) is 4.38. The number of hydrogen-bond donors (Lipinski definition) is 0. The Kier molecular flexibility index (Phi) is 4.39. The largest absolute Gasteiger partial charge is 0.252 e. The molecule has 0 spiro atoms. The highest BCUT2D eigenvalue weighted by atomic mass is 32.2. The Labute approximate surface area is 145 Å². The molecule has 0 amide bonds. The van der Waals surface area contributed by atoms with E-state index in [0.717, 1.165) is 28.8 Å². The van der Waals surface area contributed by atoms with Gasteiger partial charge < -0.3 is 0 Å². The molecule has 0 N–H and O–H groups in total. The van der Waals surface area contributed by atoms with Crippen LogP contribution in [0.5, 0.6) is 0 Å². The first-order valence-electron chi connectivity index (χ1n) is 8.33. The molecule has 4 heteroatoms. The van der Waals surface area contributed by atoms with E-state index >= 15 is 0 Å². The molecule has 2 heterocycles. The summed E-state index contributed by atoms with van der Waals surface area (Å²) in [6.45, 7) is 0. The van der Waals surface area contributed by atoms with Crippen molar-refractivity contribution in [2.75, 3.05) is 5.75 Å². The normalized spacial score (nSPS) is 18.5. The van der Waals surface area contributed by atoms with Gasteiger partial charge in [-0.1, -0.05) is 42.5 Å². The van der Waals surface area contributed by atoms with E-state index in [1.165, 1.54) is 12.8 Å². The van der Waals surface area contributed by atoms with Crippen LogP contribution >= 0.6 is 11.8 Å². The molecule has 24 heavy (non-hydrogen) atoms. The Hall–Kier alpha value is -2.07. The van der Waals surface area contributed by atoms with Crippen LogP contribution in [0.1, 0.15) is 35.8 Å². The molecule has 1 atom stereocenters. The van der Waals surface area contributed by atoms with Gasteiger partial charge in [-0.2, -0.15) is 5.10 Å². The second kappa shape index (κ2) is 6.81. The van der Waals surface area contributed by atoms with Crippen molar-refractivity contribution in [1.82, 2.24) is 9.78 Å². The zero-order chi connectivity index (χ0) is 16.4. The summed E-state index contributed by atoms with van der Waals surface area (Å²) in [6, 6.07) is 13.7. The summed E-state index contributed by atoms with van der Waals surface area (Å²) in [6.07, 6.45) is 9.21. The van der Waals surface area contributed by atoms with E-state index in [-0.39, 0.29) is 5.82 Å². The Bertz CT molecular complexity index is 864. The van der Waals surface area contributed by atoms with Crippen LogP contribution < -0.4 is 0 Å². The second-order valence-electron chi connectivity index (χ2n) is 6.09. The Morgan fingerprint density at radius 1 is 1.08 bits per heavy atom. The van der Waals surface area contributed by atoms with Crippen molar-refractivity contribution in [2.24, 2.45) is 0 Å². The SMILES string of the molecule is Fc1cc(C=Cc2ccccc2)cc2c1cnn2C1CCCCS1. The van der Waals surface area contributed by atoms with Gasteiger partial charge in [0.15, 0.2) is 0 Å². The summed E-state index contributed by atoms with van der Waals surface area (Å²) in [5.74, 6) is 0.953. The van der Waals surface area contributed by atoms with Gasteiger partial charge in [0.2, 0.25) is 0 Å². The number of rotatable bonds is 3. The van der Waals surface area contributed by atoms with Crippen LogP contribution in [0.4, 0.5) is 4.39 Å². The standard InChI is InChI=1S/C20H19FN2S/c21-18-12-16(10-9-15-6-2-1-3-7-15)13-19-17(18)14-22-23(19)20-8-4-5-11-24-20/h1-3,6-7,9-10,12-14,20H,4-5,8,11H2. The number of aromatic nitrogens is 2. The van der Waals surface area contributed by atoms with Gasteiger partial charge >= 0.3 is 0 Å². The molecule has 1 aromatic heterocycles. The lowest BCUT2D eigenvalue weighted by molar-refractivity contribution is 0.537. The molecule has 2 aromatic carbocycles. The minimum absolute atomic E-state index is 0.202. The van der Waals surface area contributed by atoms with Crippen molar-refractivity contribution in [3.63, 3.8) is 0 Å². The summed E-state index contributed by atoms with van der Waals surface area (Å²) < 4.78 is 16.5. The number of benzene rings is 2. The average Bonchev–Trinajstić information content (AvgIpc) is 3.06. The molecular formula is C20H19FN2S. The van der Waals surface area contributed by atoms with Crippen molar-refractivity contribution in [3.05, 3.63) is 65.6 Å². The highest BCUT2D eigenvalue weighted by Gasteiger charge is 2.19. The Morgan fingerprint density at radius 3 is 2.71 bits per heavy atom. The molecule has 1 unspecified atom stereocenters. The maximum absolute atomic E-state index is 14.5. The summed E-state index contributed by atoms with van der Waals surface area (Å²) >= 11 is 1.92. The highest BCUT2D eigenvalue weighted by Crippen LogP contribution is 2.36. The van der Waals surface area contributed by atoms with Gasteiger partial charge in [-0.3, -0.25) is 4.68 Å². The van der Waals surface area contributed by atoms with E-state index in [1.54, 1.807) is 12.3 Å². The quantitative estimate of drug-likeness (QED) is 0.565. The lowest BCUT2D eigenvalue weighted by Crippen LogP contribution is -2.11. The van der Waals surface area contributed by atoms with Crippen molar-refractivity contribution >= 4 is 34.8 Å². The van der Waals surface area contributed by atoms with Crippen LogP contribution in [0, 0.1) is 5.82 Å². The monoisotopic (exact) mass is 338 g/mol. The smallest absolute Gasteiger partial charge is 0.134 e. The number of thioether (sulfide) groups is 1. The first-order chi connectivity index (χ1) is 11.8. The van der Waals surface area contributed by atoms with Gasteiger partial charge in [0.25, 0.3) is 0 Å². The molecule has 0 aliphatic carbocycles.